The zero-order chi connectivity index (χ0) is 25.9. The number of hydrogen-bond acceptors (Lipinski definition) is 2. The summed E-state index contributed by atoms with van der Waals surface area (Å²) in [6.07, 6.45) is -1.06. The van der Waals surface area contributed by atoms with Crippen molar-refractivity contribution in [2.75, 3.05) is 6.54 Å². The molecule has 0 bridgehead atoms. The van der Waals surface area contributed by atoms with Gasteiger partial charge in [-0.1, -0.05) is 18.2 Å². The number of nitrogens with one attached hydrogen (secondary N) is 1. The number of nitrogens with zero attached hydrogens (tertiary/aromatic N) is 2. The summed E-state index contributed by atoms with van der Waals surface area (Å²) >= 11 is 0. The molecule has 1 fully saturated rings. The molecule has 2 heterocycles. The molecule has 2 atom stereocenters. The third kappa shape index (κ3) is 4.29. The zero-order valence-electron chi connectivity index (χ0n) is 19.7. The summed E-state index contributed by atoms with van der Waals surface area (Å²) in [5.41, 5.74) is 1.34. The van der Waals surface area contributed by atoms with Crippen LogP contribution in [0.1, 0.15) is 61.5 Å². The fourth-order valence-corrected chi connectivity index (χ4v) is 5.15. The highest BCUT2D eigenvalue weighted by atomic mass is 19.4. The Morgan fingerprint density at radius 3 is 2.33 bits per heavy atom. The molecular formula is C27H24F6N3. The van der Waals surface area contributed by atoms with Crippen LogP contribution < -0.4 is 0 Å². The lowest BCUT2D eigenvalue weighted by atomic mass is 9.87. The lowest BCUT2D eigenvalue weighted by Crippen LogP contribution is -2.40. The van der Waals surface area contributed by atoms with E-state index in [1.165, 1.54) is 18.2 Å². The van der Waals surface area contributed by atoms with Crippen molar-refractivity contribution in [3.8, 4) is 0 Å². The first-order valence-electron chi connectivity index (χ1n) is 11.7. The molecule has 5 rings (SSSR count). The molecule has 0 spiro atoms. The minimum absolute atomic E-state index is 0.208. The van der Waals surface area contributed by atoms with Crippen molar-refractivity contribution in [3.05, 3.63) is 88.4 Å². The molecule has 2 aliphatic rings. The number of rotatable bonds is 3. The molecule has 0 saturated carbocycles. The third-order valence-corrected chi connectivity index (χ3v) is 7.22. The van der Waals surface area contributed by atoms with Gasteiger partial charge in [-0.25, -0.2) is 4.98 Å². The van der Waals surface area contributed by atoms with Gasteiger partial charge in [0.05, 0.1) is 27.7 Å². The van der Waals surface area contributed by atoms with Crippen LogP contribution in [0.25, 0.3) is 11.0 Å². The van der Waals surface area contributed by atoms with Crippen LogP contribution >= 0.6 is 0 Å². The second-order valence-corrected chi connectivity index (χ2v) is 9.63. The second kappa shape index (κ2) is 8.42. The summed E-state index contributed by atoms with van der Waals surface area (Å²) in [4.78, 5) is 9.94. The van der Waals surface area contributed by atoms with Crippen molar-refractivity contribution >= 4 is 11.0 Å². The Morgan fingerprint density at radius 1 is 1.00 bits per heavy atom. The Kier molecular flexibility index (Phi) is 5.72. The van der Waals surface area contributed by atoms with Gasteiger partial charge in [-0.2, -0.15) is 26.3 Å². The van der Waals surface area contributed by atoms with Crippen LogP contribution in [0, 0.1) is 6.08 Å². The minimum atomic E-state index is -4.45. The van der Waals surface area contributed by atoms with Gasteiger partial charge in [-0.3, -0.25) is 0 Å². The Balaban J connectivity index is 1.48. The molecule has 2 aromatic carbocycles. The van der Waals surface area contributed by atoms with E-state index in [0.29, 0.717) is 24.3 Å². The maximum Gasteiger partial charge on any atom is 0.416 e. The molecule has 1 N–H and O–H groups in total. The maximum absolute atomic E-state index is 13.2. The average Bonchev–Trinajstić information content (AvgIpc) is 3.42. The number of H-pyrrole nitrogens is 1. The van der Waals surface area contributed by atoms with Crippen LogP contribution in [0.2, 0.25) is 0 Å². The fraction of sp³-hybridized carbons (Fsp3) is 0.370. The van der Waals surface area contributed by atoms with Gasteiger partial charge >= 0.3 is 12.4 Å². The summed E-state index contributed by atoms with van der Waals surface area (Å²) in [5.74, 6) is 0.369. The van der Waals surface area contributed by atoms with Gasteiger partial charge in [-0.05, 0) is 80.7 Å². The molecular weight excluding hydrogens is 480 g/mol. The molecule has 1 aromatic heterocycles. The van der Waals surface area contributed by atoms with E-state index < -0.39 is 29.0 Å². The van der Waals surface area contributed by atoms with E-state index in [0.717, 1.165) is 53.9 Å². The topological polar surface area (TPSA) is 31.9 Å². The largest absolute Gasteiger partial charge is 0.416 e. The van der Waals surface area contributed by atoms with Crippen molar-refractivity contribution in [1.29, 1.82) is 0 Å². The van der Waals surface area contributed by atoms with E-state index in [1.54, 1.807) is 0 Å². The number of benzene rings is 2. The monoisotopic (exact) mass is 504 g/mol. The number of likely N-dealkylation sites (tertiary alicyclic amines) is 1. The molecule has 1 aliphatic carbocycles. The quantitative estimate of drug-likeness (QED) is 0.370. The third-order valence-electron chi connectivity index (χ3n) is 7.22. The van der Waals surface area contributed by atoms with Crippen molar-refractivity contribution in [2.24, 2.45) is 0 Å². The molecule has 1 radical (unpaired) electrons. The van der Waals surface area contributed by atoms with E-state index in [-0.39, 0.29) is 11.4 Å². The maximum atomic E-state index is 13.2. The van der Waals surface area contributed by atoms with Gasteiger partial charge in [0.1, 0.15) is 5.82 Å². The molecule has 36 heavy (non-hydrogen) atoms. The molecule has 9 heteroatoms. The molecule has 1 saturated heterocycles. The number of hydrogen-bond donors (Lipinski definition) is 1. The summed E-state index contributed by atoms with van der Waals surface area (Å²) in [6.45, 7) is 4.68. The standard InChI is InChI=1S/C27H24F6N3/c1-16-4-5-18(17-6-8-19(9-7-17)26(28,29)30)14-23(16)36-13-3-12-25(36,2)24-34-21-11-10-20(27(31,32)33)15-22(21)35-24/h4,6-11,15,18H,3,5,12-13H2,1-2H3,(H,34,35)/t18?,25-/m0/s1. The summed E-state index contributed by atoms with van der Waals surface area (Å²) < 4.78 is 78.5. The molecule has 1 aliphatic heterocycles. The highest BCUT2D eigenvalue weighted by Crippen LogP contribution is 2.44. The first kappa shape index (κ1) is 24.5. The Morgan fingerprint density at radius 2 is 1.67 bits per heavy atom. The normalized spacial score (nSPS) is 23.2. The summed E-state index contributed by atoms with van der Waals surface area (Å²) in [5, 5.41) is 0. The first-order chi connectivity index (χ1) is 16.9. The zero-order valence-corrected chi connectivity index (χ0v) is 19.7. The van der Waals surface area contributed by atoms with Crippen molar-refractivity contribution in [1.82, 2.24) is 14.9 Å². The lowest BCUT2D eigenvalue weighted by molar-refractivity contribution is -0.138. The molecule has 189 valence electrons. The van der Waals surface area contributed by atoms with Crippen LogP contribution in [0.15, 0.2) is 59.8 Å². The van der Waals surface area contributed by atoms with Gasteiger partial charge in [0.2, 0.25) is 0 Å². The Labute approximate surface area is 204 Å². The average molecular weight is 504 g/mol. The minimum Gasteiger partial charge on any atom is -0.358 e. The SMILES string of the molecule is CC1=CCC(c2ccc(C(F)(F)F)cc2)[C]=C1N1CCC[C@@]1(C)c1nc2cc(C(F)(F)F)ccc2[nH]1. The van der Waals surface area contributed by atoms with Crippen LogP contribution in [0.4, 0.5) is 26.3 Å². The van der Waals surface area contributed by atoms with Crippen LogP contribution in [-0.4, -0.2) is 21.4 Å². The highest BCUT2D eigenvalue weighted by molar-refractivity contribution is 5.76. The molecule has 0 amide bonds. The van der Waals surface area contributed by atoms with Gasteiger partial charge in [0, 0.05) is 18.2 Å². The van der Waals surface area contributed by atoms with E-state index in [1.807, 2.05) is 13.8 Å². The number of aromatic nitrogens is 2. The number of halogens is 6. The van der Waals surface area contributed by atoms with Crippen LogP contribution in [-0.2, 0) is 17.9 Å². The predicted molar refractivity (Wildman–Crippen MR) is 124 cm³/mol. The smallest absolute Gasteiger partial charge is 0.358 e. The lowest BCUT2D eigenvalue weighted by Gasteiger charge is -2.39. The number of allylic oxidation sites excluding steroid dienone is 3. The summed E-state index contributed by atoms with van der Waals surface area (Å²) in [6, 6.07) is 8.65. The van der Waals surface area contributed by atoms with Crippen molar-refractivity contribution in [2.45, 2.75) is 56.9 Å². The molecule has 1 unspecified atom stereocenters. The van der Waals surface area contributed by atoms with Crippen LogP contribution in [0.3, 0.4) is 0 Å². The Hall–Kier alpha value is -3.23. The predicted octanol–water partition coefficient (Wildman–Crippen LogP) is 7.73. The Bertz CT molecular complexity index is 1350. The molecule has 3 nitrogen and oxygen atoms in total. The van der Waals surface area contributed by atoms with E-state index in [2.05, 4.69) is 27.0 Å². The first-order valence-corrected chi connectivity index (χ1v) is 11.7. The number of alkyl halides is 6. The van der Waals surface area contributed by atoms with Crippen LogP contribution in [0.5, 0.6) is 0 Å². The van der Waals surface area contributed by atoms with Gasteiger partial charge in [-0.15, -0.1) is 0 Å². The van der Waals surface area contributed by atoms with E-state index in [9.17, 15) is 26.3 Å². The highest BCUT2D eigenvalue weighted by Gasteiger charge is 2.43. The van der Waals surface area contributed by atoms with Gasteiger partial charge < -0.3 is 9.88 Å². The molecule has 3 aromatic rings. The van der Waals surface area contributed by atoms with Gasteiger partial charge in [0.25, 0.3) is 0 Å². The summed E-state index contributed by atoms with van der Waals surface area (Å²) in [7, 11) is 0. The van der Waals surface area contributed by atoms with E-state index >= 15 is 0 Å². The number of fused-ring (bicyclic) bond motifs is 1. The fourth-order valence-electron chi connectivity index (χ4n) is 5.15. The van der Waals surface area contributed by atoms with Gasteiger partial charge in [0.15, 0.2) is 0 Å². The second-order valence-electron chi connectivity index (χ2n) is 9.63. The van der Waals surface area contributed by atoms with Crippen molar-refractivity contribution < 1.29 is 26.3 Å². The van der Waals surface area contributed by atoms with E-state index in [4.69, 9.17) is 0 Å². The number of aromatic amines is 1. The number of imidazole rings is 1. The van der Waals surface area contributed by atoms with Crippen molar-refractivity contribution in [3.63, 3.8) is 0 Å².